The van der Waals surface area contributed by atoms with E-state index < -0.39 is 0 Å². The van der Waals surface area contributed by atoms with Crippen molar-refractivity contribution in [3.63, 3.8) is 0 Å². The molecule has 0 saturated heterocycles. The van der Waals surface area contributed by atoms with Crippen LogP contribution in [0.3, 0.4) is 0 Å². The number of nitrogens with zero attached hydrogens (tertiary/aromatic N) is 5. The van der Waals surface area contributed by atoms with E-state index in [-0.39, 0.29) is 23.9 Å². The third-order valence-electron chi connectivity index (χ3n) is 5.07. The Labute approximate surface area is 163 Å². The zero-order chi connectivity index (χ0) is 19.3. The summed E-state index contributed by atoms with van der Waals surface area (Å²) in [6.45, 7) is 1.89. The number of thiazole rings is 1. The van der Waals surface area contributed by atoms with Crippen LogP contribution in [0.1, 0.15) is 48.6 Å². The number of carbonyl (C=O) groups is 1. The van der Waals surface area contributed by atoms with Gasteiger partial charge in [-0.25, -0.2) is 9.97 Å². The van der Waals surface area contributed by atoms with E-state index in [1.807, 2.05) is 29.1 Å². The summed E-state index contributed by atoms with van der Waals surface area (Å²) in [6, 6.07) is -0.225. The molecule has 4 aromatic heterocycles. The number of amides is 1. The van der Waals surface area contributed by atoms with Gasteiger partial charge in [-0.1, -0.05) is 0 Å². The summed E-state index contributed by atoms with van der Waals surface area (Å²) in [5, 5.41) is 7.82. The average molecular weight is 397 g/mol. The molecule has 1 aliphatic rings. The van der Waals surface area contributed by atoms with E-state index in [1.54, 1.807) is 11.3 Å². The summed E-state index contributed by atoms with van der Waals surface area (Å²) in [5.41, 5.74) is 2.30. The number of fused-ring (bicyclic) bond motifs is 3. The Morgan fingerprint density at radius 1 is 1.32 bits per heavy atom. The molecule has 5 rings (SSSR count). The van der Waals surface area contributed by atoms with Crippen LogP contribution in [-0.2, 0) is 24.1 Å². The van der Waals surface area contributed by atoms with Crippen molar-refractivity contribution in [2.45, 2.75) is 45.1 Å². The first kappa shape index (κ1) is 17.1. The Kier molecular flexibility index (Phi) is 4.00. The highest BCUT2D eigenvalue weighted by Gasteiger charge is 2.20. The standard InChI is InChI=1S/C18H19N7O2S/c1-10(13-9-24-6-7-28-18(24)21-13)19-15(26)8-14-22-17-20-12-5-3-2-4-11(12)16(27)25(17)23-14/h6-7,9-10H,2-5,8H2,1H3,(H,19,26)(H,20,22,23). The van der Waals surface area contributed by atoms with E-state index >= 15 is 0 Å². The fourth-order valence-corrected chi connectivity index (χ4v) is 4.35. The SMILES string of the molecule is CC(NC(=O)Cc1nc2nc3c(c(=O)n2[nH]1)CCCC3)c1cn2ccsc2n1. The molecule has 0 radical (unpaired) electrons. The Morgan fingerprint density at radius 3 is 3.04 bits per heavy atom. The van der Waals surface area contributed by atoms with Gasteiger partial charge in [0.25, 0.3) is 11.3 Å². The number of rotatable bonds is 4. The maximum absolute atomic E-state index is 12.6. The van der Waals surface area contributed by atoms with E-state index in [9.17, 15) is 9.59 Å². The molecule has 0 fully saturated rings. The van der Waals surface area contributed by atoms with Crippen LogP contribution < -0.4 is 10.9 Å². The zero-order valence-electron chi connectivity index (χ0n) is 15.3. The smallest absolute Gasteiger partial charge is 0.277 e. The summed E-state index contributed by atoms with van der Waals surface area (Å²) >= 11 is 1.55. The van der Waals surface area contributed by atoms with Gasteiger partial charge in [0.15, 0.2) is 4.96 Å². The number of nitrogens with one attached hydrogen (secondary N) is 2. The minimum absolute atomic E-state index is 0.0417. The van der Waals surface area contributed by atoms with E-state index in [0.717, 1.165) is 47.6 Å². The molecule has 1 aliphatic carbocycles. The highest BCUT2D eigenvalue weighted by Crippen LogP contribution is 2.18. The second-order valence-corrected chi connectivity index (χ2v) is 7.95. The third-order valence-corrected chi connectivity index (χ3v) is 5.84. The highest BCUT2D eigenvalue weighted by atomic mass is 32.1. The predicted octanol–water partition coefficient (Wildman–Crippen LogP) is 1.43. The molecule has 4 aromatic rings. The molecule has 0 aromatic carbocycles. The number of aromatic amines is 1. The van der Waals surface area contributed by atoms with Crippen molar-refractivity contribution >= 4 is 28.0 Å². The van der Waals surface area contributed by atoms with Gasteiger partial charge in [0.1, 0.15) is 5.82 Å². The second kappa shape index (κ2) is 6.55. The van der Waals surface area contributed by atoms with Crippen molar-refractivity contribution in [3.05, 3.63) is 50.9 Å². The third kappa shape index (κ3) is 2.89. The molecular formula is C18H19N7O2S. The van der Waals surface area contributed by atoms with Crippen LogP contribution >= 0.6 is 11.3 Å². The number of aromatic nitrogens is 6. The molecule has 0 aliphatic heterocycles. The molecule has 1 unspecified atom stereocenters. The van der Waals surface area contributed by atoms with E-state index in [2.05, 4.69) is 25.4 Å². The van der Waals surface area contributed by atoms with Crippen LogP contribution in [-0.4, -0.2) is 34.9 Å². The Bertz CT molecular complexity index is 1220. The van der Waals surface area contributed by atoms with Crippen LogP contribution in [0.2, 0.25) is 0 Å². The van der Waals surface area contributed by atoms with Gasteiger partial charge in [-0.05, 0) is 32.6 Å². The second-order valence-electron chi connectivity index (χ2n) is 7.08. The lowest BCUT2D eigenvalue weighted by atomic mass is 9.97. The van der Waals surface area contributed by atoms with Gasteiger partial charge in [-0.3, -0.25) is 19.1 Å². The average Bonchev–Trinajstić information content (AvgIpc) is 3.36. The highest BCUT2D eigenvalue weighted by molar-refractivity contribution is 7.15. The van der Waals surface area contributed by atoms with Crippen molar-refractivity contribution in [1.82, 2.24) is 34.3 Å². The lowest BCUT2D eigenvalue weighted by Crippen LogP contribution is -2.29. The molecule has 10 heteroatoms. The van der Waals surface area contributed by atoms with Crippen molar-refractivity contribution in [3.8, 4) is 0 Å². The number of hydrogen-bond donors (Lipinski definition) is 2. The Balaban J connectivity index is 1.34. The molecule has 4 heterocycles. The van der Waals surface area contributed by atoms with Gasteiger partial charge in [0.05, 0.1) is 23.9 Å². The van der Waals surface area contributed by atoms with Crippen LogP contribution in [0.4, 0.5) is 0 Å². The summed E-state index contributed by atoms with van der Waals surface area (Å²) in [5.74, 6) is 0.555. The van der Waals surface area contributed by atoms with Gasteiger partial charge < -0.3 is 5.32 Å². The monoisotopic (exact) mass is 397 g/mol. The van der Waals surface area contributed by atoms with E-state index in [0.29, 0.717) is 11.6 Å². The van der Waals surface area contributed by atoms with Crippen LogP contribution in [0.5, 0.6) is 0 Å². The van der Waals surface area contributed by atoms with Gasteiger partial charge in [-0.2, -0.15) is 9.50 Å². The van der Waals surface area contributed by atoms with Crippen LogP contribution in [0.15, 0.2) is 22.6 Å². The van der Waals surface area contributed by atoms with Crippen LogP contribution in [0, 0.1) is 0 Å². The summed E-state index contributed by atoms with van der Waals surface area (Å²) in [7, 11) is 0. The lowest BCUT2D eigenvalue weighted by Gasteiger charge is -2.12. The first-order valence-corrected chi connectivity index (χ1v) is 10.2. The normalized spacial score (nSPS) is 15.0. The quantitative estimate of drug-likeness (QED) is 0.541. The molecular weight excluding hydrogens is 378 g/mol. The topological polar surface area (TPSA) is 109 Å². The number of aryl methyl sites for hydroxylation is 1. The van der Waals surface area contributed by atoms with Gasteiger partial charge >= 0.3 is 0 Å². The minimum Gasteiger partial charge on any atom is -0.348 e. The summed E-state index contributed by atoms with van der Waals surface area (Å²) in [6.07, 6.45) is 7.49. The van der Waals surface area contributed by atoms with Crippen LogP contribution in [0.25, 0.3) is 10.7 Å². The molecule has 2 N–H and O–H groups in total. The largest absolute Gasteiger partial charge is 0.348 e. The molecule has 28 heavy (non-hydrogen) atoms. The van der Waals surface area contributed by atoms with Crippen molar-refractivity contribution in [1.29, 1.82) is 0 Å². The van der Waals surface area contributed by atoms with E-state index in [4.69, 9.17) is 0 Å². The molecule has 0 saturated carbocycles. The number of H-pyrrole nitrogens is 1. The summed E-state index contributed by atoms with van der Waals surface area (Å²) in [4.78, 5) is 39.3. The predicted molar refractivity (Wildman–Crippen MR) is 104 cm³/mol. The molecule has 1 amide bonds. The fraction of sp³-hybridized carbons (Fsp3) is 0.389. The molecule has 9 nitrogen and oxygen atoms in total. The number of imidazole rings is 1. The maximum Gasteiger partial charge on any atom is 0.277 e. The Morgan fingerprint density at radius 2 is 2.18 bits per heavy atom. The van der Waals surface area contributed by atoms with Gasteiger partial charge in [0.2, 0.25) is 5.91 Å². The number of carbonyl (C=O) groups excluding carboxylic acids is 1. The maximum atomic E-state index is 12.6. The van der Waals surface area contributed by atoms with Crippen molar-refractivity contribution in [2.24, 2.45) is 0 Å². The lowest BCUT2D eigenvalue weighted by molar-refractivity contribution is -0.121. The van der Waals surface area contributed by atoms with Crippen molar-refractivity contribution in [2.75, 3.05) is 0 Å². The zero-order valence-corrected chi connectivity index (χ0v) is 16.1. The molecule has 0 spiro atoms. The van der Waals surface area contributed by atoms with Gasteiger partial charge in [-0.15, -0.1) is 11.3 Å². The summed E-state index contributed by atoms with van der Waals surface area (Å²) < 4.78 is 3.28. The number of hydrogen-bond acceptors (Lipinski definition) is 6. The van der Waals surface area contributed by atoms with E-state index in [1.165, 1.54) is 4.52 Å². The Hall–Kier alpha value is -3.01. The molecule has 0 bridgehead atoms. The first-order chi connectivity index (χ1) is 13.6. The van der Waals surface area contributed by atoms with Crippen molar-refractivity contribution < 1.29 is 4.79 Å². The van der Waals surface area contributed by atoms with Gasteiger partial charge in [0, 0.05) is 23.3 Å². The minimum atomic E-state index is -0.225. The fourth-order valence-electron chi connectivity index (χ4n) is 3.64. The molecule has 144 valence electrons. The molecule has 1 atom stereocenters. The first-order valence-electron chi connectivity index (χ1n) is 9.29.